The Morgan fingerprint density at radius 3 is 1.52 bits per heavy atom. The summed E-state index contributed by atoms with van der Waals surface area (Å²) in [5, 5.41) is 17.0. The van der Waals surface area contributed by atoms with E-state index in [0.29, 0.717) is 0 Å². The maximum Gasteiger partial charge on any atom is 0.136 e. The summed E-state index contributed by atoms with van der Waals surface area (Å²) in [4.78, 5) is 0. The summed E-state index contributed by atoms with van der Waals surface area (Å²) < 4.78 is 13.0. The van der Waals surface area contributed by atoms with Crippen LogP contribution >= 0.6 is 0 Å². The standard InChI is InChI=1S/C59H36O2/c1-59(2)52-22-17-33-9-5-6-12-40(33)58(52)44-21-16-39(29-53(44)59)38-19-24-55-49(28-38)48-27-37(18-23-54(48)60-55)36-15-20-43-45(25-36)41-13-7-8-14-42(41)47-32-57-51(31-46(43)47)50-26-34-10-3-4-11-35(34)30-56(50)61-57/h3-32H,1-2H3. The zero-order chi connectivity index (χ0) is 40.1. The molecular formula is C59H36O2. The predicted molar refractivity (Wildman–Crippen MR) is 257 cm³/mol. The molecule has 2 heteroatoms. The number of hydrogen-bond acceptors (Lipinski definition) is 2. The molecule has 0 saturated heterocycles. The van der Waals surface area contributed by atoms with Crippen LogP contribution in [-0.2, 0) is 5.41 Å². The van der Waals surface area contributed by atoms with Crippen LogP contribution in [0.2, 0.25) is 0 Å². The molecule has 13 aromatic rings. The molecule has 1 aliphatic rings. The van der Waals surface area contributed by atoms with Crippen molar-refractivity contribution in [2.75, 3.05) is 0 Å². The molecule has 0 atom stereocenters. The molecular weight excluding hydrogens is 741 g/mol. The average molecular weight is 777 g/mol. The van der Waals surface area contributed by atoms with Gasteiger partial charge in [-0.3, -0.25) is 0 Å². The minimum Gasteiger partial charge on any atom is -0.456 e. The SMILES string of the molecule is CC1(C)c2cc(-c3ccc4oc5ccc(-c6ccc7c(c6)c6ccccc6c6cc8oc9cc%10ccccc%10cc9c8cc76)cc5c4c3)ccc2-c2c1ccc1ccccc21. The molecule has 0 amide bonds. The molecule has 0 saturated carbocycles. The van der Waals surface area contributed by atoms with Gasteiger partial charge < -0.3 is 8.83 Å². The van der Waals surface area contributed by atoms with Crippen molar-refractivity contribution in [2.45, 2.75) is 19.3 Å². The Kier molecular flexibility index (Phi) is 6.39. The first-order chi connectivity index (χ1) is 29.9. The maximum absolute atomic E-state index is 6.54. The Morgan fingerprint density at radius 1 is 0.295 bits per heavy atom. The van der Waals surface area contributed by atoms with E-state index in [4.69, 9.17) is 8.83 Å². The van der Waals surface area contributed by atoms with Crippen molar-refractivity contribution < 1.29 is 8.83 Å². The van der Waals surface area contributed by atoms with Crippen LogP contribution in [0, 0.1) is 0 Å². The topological polar surface area (TPSA) is 26.3 Å². The highest BCUT2D eigenvalue weighted by atomic mass is 16.3. The van der Waals surface area contributed by atoms with Gasteiger partial charge in [-0.2, -0.15) is 0 Å². The van der Waals surface area contributed by atoms with Gasteiger partial charge in [-0.15, -0.1) is 0 Å². The van der Waals surface area contributed by atoms with Crippen molar-refractivity contribution in [2.24, 2.45) is 0 Å². The molecule has 0 radical (unpaired) electrons. The number of rotatable bonds is 2. The van der Waals surface area contributed by atoms with Crippen LogP contribution < -0.4 is 0 Å². The third-order valence-corrected chi connectivity index (χ3v) is 14.0. The molecule has 11 aromatic carbocycles. The molecule has 1 aliphatic carbocycles. The first-order valence-electron chi connectivity index (χ1n) is 21.2. The molecule has 0 bridgehead atoms. The Hall–Kier alpha value is -7.68. The van der Waals surface area contributed by atoms with Crippen molar-refractivity contribution in [3.05, 3.63) is 193 Å². The van der Waals surface area contributed by atoms with Crippen molar-refractivity contribution in [3.8, 4) is 33.4 Å². The van der Waals surface area contributed by atoms with Gasteiger partial charge >= 0.3 is 0 Å². The Bertz CT molecular complexity index is 4080. The molecule has 284 valence electrons. The second-order valence-corrected chi connectivity index (χ2v) is 17.6. The third kappa shape index (κ3) is 4.57. The van der Waals surface area contributed by atoms with Gasteiger partial charge in [-0.25, -0.2) is 0 Å². The summed E-state index contributed by atoms with van der Waals surface area (Å²) in [7, 11) is 0. The maximum atomic E-state index is 6.54. The summed E-state index contributed by atoms with van der Waals surface area (Å²) in [5.74, 6) is 0. The van der Waals surface area contributed by atoms with Gasteiger partial charge in [0.2, 0.25) is 0 Å². The summed E-state index contributed by atoms with van der Waals surface area (Å²) in [6.07, 6.45) is 0. The molecule has 0 spiro atoms. The first-order valence-corrected chi connectivity index (χ1v) is 21.2. The van der Waals surface area contributed by atoms with Crippen LogP contribution in [0.5, 0.6) is 0 Å². The second kappa shape index (κ2) is 11.7. The summed E-state index contributed by atoms with van der Waals surface area (Å²) in [6.45, 7) is 4.73. The smallest absolute Gasteiger partial charge is 0.136 e. The highest BCUT2D eigenvalue weighted by molar-refractivity contribution is 6.29. The van der Waals surface area contributed by atoms with E-state index in [1.165, 1.54) is 98.4 Å². The van der Waals surface area contributed by atoms with E-state index in [9.17, 15) is 0 Å². The highest BCUT2D eigenvalue weighted by Crippen LogP contribution is 2.52. The van der Waals surface area contributed by atoms with E-state index in [1.54, 1.807) is 0 Å². The van der Waals surface area contributed by atoms with Crippen LogP contribution in [0.3, 0.4) is 0 Å². The largest absolute Gasteiger partial charge is 0.456 e. The zero-order valence-electron chi connectivity index (χ0n) is 33.6. The molecule has 0 fully saturated rings. The van der Waals surface area contributed by atoms with E-state index in [2.05, 4.69) is 196 Å². The van der Waals surface area contributed by atoms with Crippen molar-refractivity contribution in [3.63, 3.8) is 0 Å². The number of benzene rings is 11. The second-order valence-electron chi connectivity index (χ2n) is 17.6. The lowest BCUT2D eigenvalue weighted by atomic mass is 9.81. The van der Waals surface area contributed by atoms with Crippen LogP contribution in [-0.4, -0.2) is 0 Å². The van der Waals surface area contributed by atoms with Crippen LogP contribution in [0.25, 0.3) is 131 Å². The molecule has 0 aliphatic heterocycles. The number of hydrogen-bond donors (Lipinski definition) is 0. The quantitative estimate of drug-likeness (QED) is 0.163. The molecule has 14 rings (SSSR count). The van der Waals surface area contributed by atoms with Gasteiger partial charge in [0, 0.05) is 27.0 Å². The summed E-state index contributed by atoms with van der Waals surface area (Å²) in [6, 6.07) is 67.1. The minimum absolute atomic E-state index is 0.0985. The fraction of sp³-hybridized carbons (Fsp3) is 0.0508. The van der Waals surface area contributed by atoms with E-state index in [1.807, 2.05) is 0 Å². The van der Waals surface area contributed by atoms with Crippen molar-refractivity contribution in [1.29, 1.82) is 0 Å². The van der Waals surface area contributed by atoms with Crippen LogP contribution in [0.1, 0.15) is 25.0 Å². The van der Waals surface area contributed by atoms with Gasteiger partial charge in [0.05, 0.1) is 0 Å². The molecule has 2 heterocycles. The molecule has 2 aromatic heterocycles. The molecule has 0 unspecified atom stereocenters. The van der Waals surface area contributed by atoms with E-state index < -0.39 is 0 Å². The predicted octanol–water partition coefficient (Wildman–Crippen LogP) is 16.9. The lowest BCUT2D eigenvalue weighted by Crippen LogP contribution is -2.15. The summed E-state index contributed by atoms with van der Waals surface area (Å²) >= 11 is 0. The Morgan fingerprint density at radius 2 is 0.787 bits per heavy atom. The highest BCUT2D eigenvalue weighted by Gasteiger charge is 2.36. The van der Waals surface area contributed by atoms with Crippen LogP contribution in [0.15, 0.2) is 191 Å². The van der Waals surface area contributed by atoms with Gasteiger partial charge in [0.1, 0.15) is 22.3 Å². The average Bonchev–Trinajstić information content (AvgIpc) is 3.93. The fourth-order valence-corrected chi connectivity index (χ4v) is 10.9. The normalized spacial score (nSPS) is 13.5. The lowest BCUT2D eigenvalue weighted by molar-refractivity contribution is 0.661. The van der Waals surface area contributed by atoms with Gasteiger partial charge in [0.15, 0.2) is 0 Å². The summed E-state index contributed by atoms with van der Waals surface area (Å²) in [5.41, 5.74) is 13.8. The lowest BCUT2D eigenvalue weighted by Gasteiger charge is -2.22. The van der Waals surface area contributed by atoms with Gasteiger partial charge in [0.25, 0.3) is 0 Å². The zero-order valence-corrected chi connectivity index (χ0v) is 33.6. The van der Waals surface area contributed by atoms with Crippen molar-refractivity contribution in [1.82, 2.24) is 0 Å². The number of fused-ring (bicyclic) bond motifs is 18. The third-order valence-electron chi connectivity index (χ3n) is 14.0. The van der Waals surface area contributed by atoms with E-state index in [-0.39, 0.29) is 5.41 Å². The van der Waals surface area contributed by atoms with Gasteiger partial charge in [-0.1, -0.05) is 135 Å². The first kappa shape index (κ1) is 33.2. The molecule has 61 heavy (non-hydrogen) atoms. The Balaban J connectivity index is 0.906. The fourth-order valence-electron chi connectivity index (χ4n) is 10.9. The monoisotopic (exact) mass is 776 g/mol. The molecule has 0 N–H and O–H groups in total. The minimum atomic E-state index is -0.0985. The number of furan rings is 2. The van der Waals surface area contributed by atoms with Crippen LogP contribution in [0.4, 0.5) is 0 Å². The van der Waals surface area contributed by atoms with E-state index in [0.717, 1.165) is 43.9 Å². The van der Waals surface area contributed by atoms with Crippen molar-refractivity contribution >= 4 is 97.7 Å². The molecule has 2 nitrogen and oxygen atoms in total. The van der Waals surface area contributed by atoms with E-state index >= 15 is 0 Å². The van der Waals surface area contributed by atoms with Gasteiger partial charge in [-0.05, 0) is 159 Å². The Labute approximate surface area is 350 Å².